The number of ether oxygens (including phenoxy) is 1. The molecule has 0 aliphatic carbocycles. The standard InChI is InChI=1S/C17H19ClN4O3/c18-14-3-1-2-13(12-19)15(14)20-4-6-21(7-5-20)16(23)17(24)22-8-10-25-11-9-22/h1-3H,4-11H2. The number of rotatable bonds is 1. The number of anilines is 1. The second kappa shape index (κ2) is 7.72. The van der Waals surface area contributed by atoms with Crippen LogP contribution in [0.5, 0.6) is 0 Å². The van der Waals surface area contributed by atoms with Crippen molar-refractivity contribution >= 4 is 29.1 Å². The van der Waals surface area contributed by atoms with E-state index in [2.05, 4.69) is 6.07 Å². The zero-order valence-electron chi connectivity index (χ0n) is 13.8. The third kappa shape index (κ3) is 3.70. The van der Waals surface area contributed by atoms with Crippen molar-refractivity contribution < 1.29 is 14.3 Å². The van der Waals surface area contributed by atoms with Crippen LogP contribution in [0.2, 0.25) is 5.02 Å². The van der Waals surface area contributed by atoms with Crippen LogP contribution < -0.4 is 4.90 Å². The Morgan fingerprint density at radius 1 is 1.00 bits per heavy atom. The summed E-state index contributed by atoms with van der Waals surface area (Å²) in [7, 11) is 0. The zero-order valence-corrected chi connectivity index (χ0v) is 14.5. The minimum atomic E-state index is -0.471. The molecule has 1 aromatic carbocycles. The van der Waals surface area contributed by atoms with E-state index in [1.165, 1.54) is 0 Å². The second-order valence-corrected chi connectivity index (χ2v) is 6.34. The first-order valence-electron chi connectivity index (χ1n) is 8.21. The van der Waals surface area contributed by atoms with E-state index in [0.717, 1.165) is 0 Å². The topological polar surface area (TPSA) is 76.9 Å². The Morgan fingerprint density at radius 2 is 1.60 bits per heavy atom. The molecule has 0 atom stereocenters. The molecule has 0 spiro atoms. The van der Waals surface area contributed by atoms with Gasteiger partial charge < -0.3 is 19.4 Å². The molecule has 0 radical (unpaired) electrons. The summed E-state index contributed by atoms with van der Waals surface area (Å²) in [6.45, 7) is 3.75. The van der Waals surface area contributed by atoms with Crippen molar-refractivity contribution in [2.24, 2.45) is 0 Å². The summed E-state index contributed by atoms with van der Waals surface area (Å²) in [6.07, 6.45) is 0. The summed E-state index contributed by atoms with van der Waals surface area (Å²) in [6, 6.07) is 7.36. The molecular weight excluding hydrogens is 344 g/mol. The molecule has 8 heteroatoms. The van der Waals surface area contributed by atoms with Crippen molar-refractivity contribution in [3.63, 3.8) is 0 Å². The lowest BCUT2D eigenvalue weighted by atomic mass is 10.1. The molecule has 2 amide bonds. The van der Waals surface area contributed by atoms with Crippen molar-refractivity contribution in [1.29, 1.82) is 5.26 Å². The molecule has 2 heterocycles. The number of amides is 2. The fraction of sp³-hybridized carbons (Fsp3) is 0.471. The lowest BCUT2D eigenvalue weighted by molar-refractivity contribution is -0.154. The molecule has 132 valence electrons. The van der Waals surface area contributed by atoms with Gasteiger partial charge in [0.05, 0.1) is 29.5 Å². The van der Waals surface area contributed by atoms with Crippen molar-refractivity contribution in [3.8, 4) is 6.07 Å². The Hall–Kier alpha value is -2.30. The number of nitrogens with zero attached hydrogens (tertiary/aromatic N) is 4. The molecule has 3 rings (SSSR count). The van der Waals surface area contributed by atoms with Gasteiger partial charge >= 0.3 is 11.8 Å². The smallest absolute Gasteiger partial charge is 0.312 e. The lowest BCUT2D eigenvalue weighted by Crippen LogP contribution is -2.54. The predicted molar refractivity (Wildman–Crippen MR) is 92.4 cm³/mol. The van der Waals surface area contributed by atoms with Gasteiger partial charge in [-0.15, -0.1) is 0 Å². The van der Waals surface area contributed by atoms with Crippen LogP contribution in [-0.2, 0) is 14.3 Å². The molecule has 7 nitrogen and oxygen atoms in total. The first kappa shape index (κ1) is 17.5. The number of halogens is 1. The number of piperazine rings is 1. The lowest BCUT2D eigenvalue weighted by Gasteiger charge is -2.37. The minimum Gasteiger partial charge on any atom is -0.378 e. The quantitative estimate of drug-likeness (QED) is 0.688. The first-order valence-corrected chi connectivity index (χ1v) is 8.59. The number of hydrogen-bond donors (Lipinski definition) is 0. The van der Waals surface area contributed by atoms with Gasteiger partial charge in [-0.1, -0.05) is 17.7 Å². The van der Waals surface area contributed by atoms with Crippen LogP contribution in [0.1, 0.15) is 5.56 Å². The maximum absolute atomic E-state index is 12.4. The third-order valence-electron chi connectivity index (χ3n) is 4.47. The molecule has 2 aliphatic heterocycles. The molecule has 0 unspecified atom stereocenters. The van der Waals surface area contributed by atoms with Crippen molar-refractivity contribution in [2.45, 2.75) is 0 Å². The van der Waals surface area contributed by atoms with Crippen molar-refractivity contribution in [2.75, 3.05) is 57.4 Å². The molecule has 0 aromatic heterocycles. The Labute approximate surface area is 151 Å². The van der Waals surface area contributed by atoms with Gasteiger partial charge in [0.25, 0.3) is 0 Å². The zero-order chi connectivity index (χ0) is 17.8. The molecule has 2 aliphatic rings. The van der Waals surface area contributed by atoms with E-state index < -0.39 is 11.8 Å². The van der Waals surface area contributed by atoms with Gasteiger partial charge in [-0.05, 0) is 12.1 Å². The monoisotopic (exact) mass is 362 g/mol. The fourth-order valence-corrected chi connectivity index (χ4v) is 3.39. The highest BCUT2D eigenvalue weighted by Gasteiger charge is 2.31. The summed E-state index contributed by atoms with van der Waals surface area (Å²) < 4.78 is 5.21. The van der Waals surface area contributed by atoms with Gasteiger partial charge in [-0.25, -0.2) is 0 Å². The first-order chi connectivity index (χ1) is 12.1. The molecule has 1 aromatic rings. The molecule has 0 saturated carbocycles. The molecule has 0 N–H and O–H groups in total. The highest BCUT2D eigenvalue weighted by atomic mass is 35.5. The van der Waals surface area contributed by atoms with Gasteiger partial charge in [-0.3, -0.25) is 9.59 Å². The van der Waals surface area contributed by atoms with E-state index in [-0.39, 0.29) is 0 Å². The summed E-state index contributed by atoms with van der Waals surface area (Å²) in [4.78, 5) is 29.8. The number of carbonyl (C=O) groups is 2. The maximum atomic E-state index is 12.4. The Kier molecular flexibility index (Phi) is 5.41. The number of nitriles is 1. The molecule has 25 heavy (non-hydrogen) atoms. The van der Waals surface area contributed by atoms with Gasteiger partial charge in [-0.2, -0.15) is 5.26 Å². The number of para-hydroxylation sites is 1. The number of benzene rings is 1. The third-order valence-corrected chi connectivity index (χ3v) is 4.78. The molecular formula is C17H19ClN4O3. The van der Waals surface area contributed by atoms with Gasteiger partial charge in [0.1, 0.15) is 6.07 Å². The van der Waals surface area contributed by atoms with Crippen LogP contribution in [0.3, 0.4) is 0 Å². The van der Waals surface area contributed by atoms with Crippen LogP contribution in [0.25, 0.3) is 0 Å². The van der Waals surface area contributed by atoms with E-state index in [4.69, 9.17) is 16.3 Å². The van der Waals surface area contributed by atoms with Crippen LogP contribution in [0.4, 0.5) is 5.69 Å². The largest absolute Gasteiger partial charge is 0.378 e. The Bertz CT molecular complexity index is 704. The molecule has 0 bridgehead atoms. The molecule has 2 fully saturated rings. The van der Waals surface area contributed by atoms with Crippen molar-refractivity contribution in [3.05, 3.63) is 28.8 Å². The normalized spacial score (nSPS) is 18.0. The average Bonchev–Trinajstić information content (AvgIpc) is 2.67. The second-order valence-electron chi connectivity index (χ2n) is 5.93. The minimum absolute atomic E-state index is 0.422. The van der Waals surface area contributed by atoms with Gasteiger partial charge in [0.15, 0.2) is 0 Å². The number of carbonyl (C=O) groups excluding carboxylic acids is 2. The van der Waals surface area contributed by atoms with Gasteiger partial charge in [0, 0.05) is 39.3 Å². The van der Waals surface area contributed by atoms with E-state index in [1.54, 1.807) is 28.0 Å². The average molecular weight is 363 g/mol. The van der Waals surface area contributed by atoms with Crippen molar-refractivity contribution in [1.82, 2.24) is 9.80 Å². The molecule has 2 saturated heterocycles. The summed E-state index contributed by atoms with van der Waals surface area (Å²) in [5.74, 6) is -0.937. The van der Waals surface area contributed by atoms with Gasteiger partial charge in [0.2, 0.25) is 0 Å². The number of morpholine rings is 1. The number of hydrogen-bond acceptors (Lipinski definition) is 5. The van der Waals surface area contributed by atoms with E-state index in [1.807, 2.05) is 4.90 Å². The Balaban J connectivity index is 1.63. The Morgan fingerprint density at radius 3 is 2.20 bits per heavy atom. The van der Waals surface area contributed by atoms with E-state index >= 15 is 0 Å². The maximum Gasteiger partial charge on any atom is 0.312 e. The van der Waals surface area contributed by atoms with E-state index in [0.29, 0.717) is 68.8 Å². The summed E-state index contributed by atoms with van der Waals surface area (Å²) in [5.41, 5.74) is 1.20. The fourth-order valence-electron chi connectivity index (χ4n) is 3.10. The SMILES string of the molecule is N#Cc1cccc(Cl)c1N1CCN(C(=O)C(=O)N2CCOCC2)CC1. The van der Waals surface area contributed by atoms with Crippen LogP contribution >= 0.6 is 11.6 Å². The van der Waals surface area contributed by atoms with E-state index in [9.17, 15) is 14.9 Å². The highest BCUT2D eigenvalue weighted by Crippen LogP contribution is 2.30. The summed E-state index contributed by atoms with van der Waals surface area (Å²) in [5, 5.41) is 9.79. The predicted octanol–water partition coefficient (Wildman–Crippen LogP) is 0.719. The summed E-state index contributed by atoms with van der Waals surface area (Å²) >= 11 is 6.25. The van der Waals surface area contributed by atoms with Crippen LogP contribution in [0, 0.1) is 11.3 Å². The highest BCUT2D eigenvalue weighted by molar-refractivity contribution is 6.35. The van der Waals surface area contributed by atoms with Crippen LogP contribution in [0.15, 0.2) is 18.2 Å². The van der Waals surface area contributed by atoms with Crippen LogP contribution in [-0.4, -0.2) is 74.1 Å².